The lowest BCUT2D eigenvalue weighted by Gasteiger charge is -2.32. The van der Waals surface area contributed by atoms with E-state index in [-0.39, 0.29) is 72.9 Å². The zero-order valence-electron chi connectivity index (χ0n) is 50.9. The number of aliphatic imine (C=N–C) groups is 4. The van der Waals surface area contributed by atoms with Crippen LogP contribution in [-0.4, -0.2) is 129 Å². The van der Waals surface area contributed by atoms with Gasteiger partial charge in [-0.3, -0.25) is 0 Å². The van der Waals surface area contributed by atoms with E-state index >= 15 is 0 Å². The van der Waals surface area contributed by atoms with Gasteiger partial charge in [0.2, 0.25) is 12.2 Å². The number of benzene rings is 6. The molecule has 18 atom stereocenters. The molecule has 90 heavy (non-hydrogen) atoms. The second kappa shape index (κ2) is 26.5. The third kappa shape index (κ3) is 12.8. The van der Waals surface area contributed by atoms with Crippen LogP contribution in [0.5, 0.6) is 34.5 Å². The molecule has 0 saturated heterocycles. The Kier molecular flexibility index (Phi) is 18.3. The number of rotatable bonds is 2. The fraction of sp³-hybridized carbons (Fsp3) is 0.382. The van der Waals surface area contributed by atoms with Gasteiger partial charge in [0.15, 0.2) is 48.0 Å². The van der Waals surface area contributed by atoms with Crippen LogP contribution < -0.4 is 39.9 Å². The van der Waals surface area contributed by atoms with E-state index in [0.29, 0.717) is 23.3 Å². The number of carboxylic acid groups (broad SMARTS) is 2. The number of hydrogen-bond donors (Lipinski definition) is 6. The van der Waals surface area contributed by atoms with Crippen molar-refractivity contribution in [3.63, 3.8) is 0 Å². The quantitative estimate of drug-likeness (QED) is 0.0941. The first-order chi connectivity index (χ1) is 43.2. The summed E-state index contributed by atoms with van der Waals surface area (Å²) >= 11 is 0. The SMILES string of the molecule is CC1=NC2c3ccccc3OC(C(=O)O)C2O1.CC1=NC2c3ccccc3OC(C(=O)O)C2O1.CC1=NC2c3ccccc3OC(C)C2O1.CC1=NC2c3ccccc3OC(C)C2O1.CC1Oc2ccccc2C(N)C1O.CC1Oc2ccccc2C(N)C1O. The van der Waals surface area contributed by atoms with Crippen LogP contribution in [0, 0.1) is 0 Å². The van der Waals surface area contributed by atoms with Crippen LogP contribution in [0.1, 0.15) is 125 Å². The minimum absolute atomic E-state index is 0.0416. The summed E-state index contributed by atoms with van der Waals surface area (Å²) in [5, 5.41) is 37.6. The summed E-state index contributed by atoms with van der Waals surface area (Å²) in [4.78, 5) is 40.0. The van der Waals surface area contributed by atoms with Crippen molar-refractivity contribution in [2.45, 2.75) is 165 Å². The van der Waals surface area contributed by atoms with Crippen molar-refractivity contribution >= 4 is 35.5 Å². The second-order valence-corrected chi connectivity index (χ2v) is 23.0. The van der Waals surface area contributed by atoms with Crippen molar-refractivity contribution < 1.29 is 77.4 Å². The molecule has 0 aromatic heterocycles. The second-order valence-electron chi connectivity index (χ2n) is 23.0. The Labute approximate surface area is 520 Å². The van der Waals surface area contributed by atoms with Crippen LogP contribution >= 0.6 is 0 Å². The highest BCUT2D eigenvalue weighted by molar-refractivity contribution is 5.81. The van der Waals surface area contributed by atoms with Crippen LogP contribution in [0.3, 0.4) is 0 Å². The molecule has 10 aliphatic heterocycles. The number of aliphatic hydroxyl groups excluding tert-OH is 2. The molecule has 0 amide bonds. The molecular weight excluding hydrogens is 1160 g/mol. The maximum absolute atomic E-state index is 11.2. The zero-order chi connectivity index (χ0) is 63.7. The first-order valence-corrected chi connectivity index (χ1v) is 29.9. The highest BCUT2D eigenvalue weighted by Crippen LogP contribution is 2.46. The molecule has 10 aliphatic rings. The molecule has 472 valence electrons. The summed E-state index contributed by atoms with van der Waals surface area (Å²) in [6, 6.07) is 44.9. The van der Waals surface area contributed by atoms with Crippen molar-refractivity contribution in [2.24, 2.45) is 31.4 Å². The van der Waals surface area contributed by atoms with E-state index in [0.717, 1.165) is 68.2 Å². The van der Waals surface area contributed by atoms with Crippen molar-refractivity contribution in [1.29, 1.82) is 0 Å². The predicted octanol–water partition coefficient (Wildman–Crippen LogP) is 9.09. The standard InChI is InChI=1S/2C12H11NO4.2C12H13NO2.2C10H13NO2/c2*1-6-13-9-7-4-2-3-5-8(7)17-11(12(14)15)10(9)16-6;2*1-7-12-11(13-8(2)15-12)9-5-3-4-6-10(9)14-7;2*1-6-10(12)9(11)7-4-2-3-5-8(7)13-6/h2*2-5,9-11H,1H3,(H,14,15);2*3-7,11-12H,1-2H3;2*2-6,9-10,12H,11H2,1H3. The molecule has 0 bridgehead atoms. The molecule has 0 fully saturated rings. The third-order valence-electron chi connectivity index (χ3n) is 16.7. The lowest BCUT2D eigenvalue weighted by molar-refractivity contribution is -0.152. The molecule has 16 rings (SSSR count). The molecule has 22 nitrogen and oxygen atoms in total. The Morgan fingerprint density at radius 2 is 0.556 bits per heavy atom. The number of hydrogen-bond acceptors (Lipinski definition) is 20. The smallest absolute Gasteiger partial charge is 0.348 e. The van der Waals surface area contributed by atoms with Crippen molar-refractivity contribution in [3.8, 4) is 34.5 Å². The number of fused-ring (bicyclic) bond motifs is 14. The number of nitrogens with zero attached hydrogens (tertiary/aromatic N) is 4. The molecule has 22 heteroatoms. The number of para-hydroxylation sites is 6. The van der Waals surface area contributed by atoms with E-state index in [4.69, 9.17) is 69.0 Å². The van der Waals surface area contributed by atoms with E-state index in [2.05, 4.69) is 32.1 Å². The largest absolute Gasteiger partial charge is 0.488 e. The number of ether oxygens (including phenoxy) is 10. The highest BCUT2D eigenvalue weighted by atomic mass is 16.6. The van der Waals surface area contributed by atoms with Gasteiger partial charge in [0.05, 0.1) is 12.1 Å². The molecule has 6 aromatic rings. The Bertz CT molecular complexity index is 3490. The summed E-state index contributed by atoms with van der Waals surface area (Å²) < 4.78 is 55.7. The summed E-state index contributed by atoms with van der Waals surface area (Å²) in [5.74, 6) is 5.07. The van der Waals surface area contributed by atoms with Crippen LogP contribution in [0.15, 0.2) is 166 Å². The van der Waals surface area contributed by atoms with Gasteiger partial charge in [0, 0.05) is 61.1 Å². The van der Waals surface area contributed by atoms with E-state index in [9.17, 15) is 19.8 Å². The molecular formula is C68H74N6O16. The fourth-order valence-electron chi connectivity index (χ4n) is 12.3. The van der Waals surface area contributed by atoms with E-state index in [1.807, 2.05) is 163 Å². The maximum atomic E-state index is 11.2. The van der Waals surface area contributed by atoms with Crippen LogP contribution in [-0.2, 0) is 28.5 Å². The lowest BCUT2D eigenvalue weighted by Crippen LogP contribution is -2.45. The van der Waals surface area contributed by atoms with Crippen molar-refractivity contribution in [3.05, 3.63) is 179 Å². The predicted molar refractivity (Wildman–Crippen MR) is 332 cm³/mol. The zero-order valence-corrected chi connectivity index (χ0v) is 50.9. The van der Waals surface area contributed by atoms with Gasteiger partial charge in [-0.15, -0.1) is 0 Å². The molecule has 0 radical (unpaired) electrons. The number of aliphatic hydroxyl groups is 2. The first kappa shape index (κ1) is 62.4. The number of carbonyl (C=O) groups is 2. The third-order valence-corrected chi connectivity index (χ3v) is 16.7. The van der Waals surface area contributed by atoms with Crippen molar-refractivity contribution in [1.82, 2.24) is 0 Å². The van der Waals surface area contributed by atoms with Gasteiger partial charge in [0.25, 0.3) is 0 Å². The van der Waals surface area contributed by atoms with E-state index in [1.165, 1.54) is 0 Å². The van der Waals surface area contributed by atoms with Crippen LogP contribution in [0.25, 0.3) is 0 Å². The molecule has 8 N–H and O–H groups in total. The molecule has 0 aliphatic carbocycles. The average Bonchev–Trinajstić information content (AvgIpc) is 2.27. The summed E-state index contributed by atoms with van der Waals surface area (Å²) in [6.07, 6.45) is -4.63. The molecule has 18 unspecified atom stereocenters. The summed E-state index contributed by atoms with van der Waals surface area (Å²) in [6.45, 7) is 14.9. The maximum Gasteiger partial charge on any atom is 0.348 e. The average molecular weight is 1230 g/mol. The molecule has 0 spiro atoms. The van der Waals surface area contributed by atoms with E-state index in [1.54, 1.807) is 26.0 Å². The Morgan fingerprint density at radius 3 is 0.844 bits per heavy atom. The number of nitrogens with two attached hydrogens (primary N) is 2. The minimum Gasteiger partial charge on any atom is -0.488 e. The monoisotopic (exact) mass is 1230 g/mol. The summed E-state index contributed by atoms with van der Waals surface area (Å²) in [5.41, 5.74) is 17.5. The number of aliphatic carboxylic acids is 2. The molecule has 6 aromatic carbocycles. The lowest BCUT2D eigenvalue weighted by atomic mass is 9.94. The molecule has 0 saturated carbocycles. The van der Waals surface area contributed by atoms with Gasteiger partial charge in [-0.1, -0.05) is 109 Å². The van der Waals surface area contributed by atoms with Gasteiger partial charge in [-0.05, 0) is 64.1 Å². The number of carboxylic acids is 2. The minimum atomic E-state index is -1.03. The fourth-order valence-corrected chi connectivity index (χ4v) is 12.3. The first-order valence-electron chi connectivity index (χ1n) is 29.9. The van der Waals surface area contributed by atoms with Gasteiger partial charge in [-0.2, -0.15) is 0 Å². The Balaban J connectivity index is 0.000000111. The van der Waals surface area contributed by atoms with Gasteiger partial charge in [0.1, 0.15) is 95.3 Å². The van der Waals surface area contributed by atoms with E-state index < -0.39 is 48.6 Å². The summed E-state index contributed by atoms with van der Waals surface area (Å²) in [7, 11) is 0. The topological polar surface area (TPSA) is 309 Å². The van der Waals surface area contributed by atoms with Crippen LogP contribution in [0.2, 0.25) is 0 Å². The Morgan fingerprint density at radius 1 is 0.333 bits per heavy atom. The van der Waals surface area contributed by atoms with Gasteiger partial charge >= 0.3 is 11.9 Å². The van der Waals surface area contributed by atoms with Gasteiger partial charge < -0.3 is 79.3 Å². The van der Waals surface area contributed by atoms with Gasteiger partial charge in [-0.25, -0.2) is 29.6 Å². The van der Waals surface area contributed by atoms with Crippen molar-refractivity contribution in [2.75, 3.05) is 0 Å². The molecule has 10 heterocycles. The Hall–Kier alpha value is -9.22. The normalized spacial score (nSPS) is 31.1. The van der Waals surface area contributed by atoms with Crippen LogP contribution in [0.4, 0.5) is 0 Å². The highest BCUT2D eigenvalue weighted by Gasteiger charge is 2.49.